The van der Waals surface area contributed by atoms with Gasteiger partial charge >= 0.3 is 5.69 Å². The Kier molecular flexibility index (Phi) is 5.55. The lowest BCUT2D eigenvalue weighted by atomic mass is 10.3. The molecule has 3 N–H and O–H groups in total. The molecule has 0 atom stereocenters. The second kappa shape index (κ2) is 6.95. The summed E-state index contributed by atoms with van der Waals surface area (Å²) in [5, 5.41) is 13.7. The molecule has 0 saturated heterocycles. The summed E-state index contributed by atoms with van der Waals surface area (Å²) in [6, 6.07) is 2.80. The fourth-order valence-corrected chi connectivity index (χ4v) is 1.82. The number of aromatic nitrogens is 1. The first-order chi connectivity index (χ1) is 8.15. The number of nitro groups is 1. The Labute approximate surface area is 104 Å². The maximum absolute atomic E-state index is 10.7. The van der Waals surface area contributed by atoms with Crippen LogP contribution in [0.4, 0.5) is 17.3 Å². The van der Waals surface area contributed by atoms with E-state index in [9.17, 15) is 10.1 Å². The number of hydrogen-bond acceptors (Lipinski definition) is 6. The molecule has 0 aliphatic heterocycles. The Bertz CT molecular complexity index is 387. The first kappa shape index (κ1) is 13.6. The molecule has 0 aliphatic carbocycles. The Balaban J connectivity index is 2.56. The fraction of sp³-hybridized carbons (Fsp3) is 0.500. The van der Waals surface area contributed by atoms with Crippen LogP contribution in [0.15, 0.2) is 12.1 Å². The molecule has 7 heteroatoms. The lowest BCUT2D eigenvalue weighted by Gasteiger charge is -2.06. The van der Waals surface area contributed by atoms with Crippen LogP contribution in [0.3, 0.4) is 0 Å². The fourth-order valence-electron chi connectivity index (χ4n) is 1.32. The van der Waals surface area contributed by atoms with E-state index in [4.69, 9.17) is 5.73 Å². The normalized spacial score (nSPS) is 10.2. The van der Waals surface area contributed by atoms with Crippen LogP contribution >= 0.6 is 11.8 Å². The summed E-state index contributed by atoms with van der Waals surface area (Å²) in [5.41, 5.74) is 5.46. The van der Waals surface area contributed by atoms with Crippen molar-refractivity contribution in [3.05, 3.63) is 22.2 Å². The smallest absolute Gasteiger partial charge is 0.311 e. The maximum atomic E-state index is 10.7. The molecule has 0 aromatic carbocycles. The van der Waals surface area contributed by atoms with Crippen LogP contribution in [-0.4, -0.2) is 28.5 Å². The molecule has 1 heterocycles. The van der Waals surface area contributed by atoms with E-state index in [1.165, 1.54) is 12.1 Å². The van der Waals surface area contributed by atoms with Gasteiger partial charge in [0, 0.05) is 12.6 Å². The van der Waals surface area contributed by atoms with Gasteiger partial charge in [0.05, 0.1) is 4.92 Å². The third kappa shape index (κ3) is 4.48. The zero-order valence-electron chi connectivity index (χ0n) is 9.68. The monoisotopic (exact) mass is 256 g/mol. The molecule has 94 valence electrons. The second-order valence-corrected chi connectivity index (χ2v) is 4.47. The van der Waals surface area contributed by atoms with Gasteiger partial charge in [-0.25, -0.2) is 4.98 Å². The van der Waals surface area contributed by atoms with Crippen LogP contribution in [0.5, 0.6) is 0 Å². The quantitative estimate of drug-likeness (QED) is 0.441. The van der Waals surface area contributed by atoms with Gasteiger partial charge in [-0.2, -0.15) is 11.8 Å². The number of nitrogens with two attached hydrogens (primary N) is 1. The molecular weight excluding hydrogens is 240 g/mol. The van der Waals surface area contributed by atoms with Crippen LogP contribution in [0, 0.1) is 10.1 Å². The van der Waals surface area contributed by atoms with E-state index in [0.29, 0.717) is 6.54 Å². The highest BCUT2D eigenvalue weighted by Crippen LogP contribution is 2.22. The second-order valence-electron chi connectivity index (χ2n) is 3.49. The SMILES string of the molecule is CSCCCCNc1nc(N)ccc1[N+](=O)[O-]. The van der Waals surface area contributed by atoms with Crippen molar-refractivity contribution in [2.24, 2.45) is 0 Å². The summed E-state index contributed by atoms with van der Waals surface area (Å²) in [7, 11) is 0. The van der Waals surface area contributed by atoms with Crippen molar-refractivity contribution in [3.8, 4) is 0 Å². The van der Waals surface area contributed by atoms with E-state index in [1.807, 2.05) is 0 Å². The summed E-state index contributed by atoms with van der Waals surface area (Å²) in [6.45, 7) is 0.665. The molecule has 0 fully saturated rings. The van der Waals surface area contributed by atoms with Crippen molar-refractivity contribution in [2.45, 2.75) is 12.8 Å². The highest BCUT2D eigenvalue weighted by atomic mass is 32.2. The third-order valence-electron chi connectivity index (χ3n) is 2.16. The summed E-state index contributed by atoms with van der Waals surface area (Å²) >= 11 is 1.79. The summed E-state index contributed by atoms with van der Waals surface area (Å²) in [5.74, 6) is 1.62. The molecule has 0 radical (unpaired) electrons. The predicted molar refractivity (Wildman–Crippen MR) is 71.4 cm³/mol. The molecule has 0 bridgehead atoms. The lowest BCUT2D eigenvalue weighted by Crippen LogP contribution is -2.07. The van der Waals surface area contributed by atoms with Gasteiger partial charge in [0.1, 0.15) is 5.82 Å². The van der Waals surface area contributed by atoms with Gasteiger partial charge in [0.2, 0.25) is 5.82 Å². The minimum Gasteiger partial charge on any atom is -0.384 e. The average Bonchev–Trinajstić information content (AvgIpc) is 2.28. The van der Waals surface area contributed by atoms with Gasteiger partial charge in [-0.3, -0.25) is 10.1 Å². The van der Waals surface area contributed by atoms with Crippen molar-refractivity contribution >= 4 is 29.1 Å². The molecular formula is C10H16N4O2S. The molecule has 1 aromatic rings. The standard InChI is InChI=1S/C10H16N4O2S/c1-17-7-3-2-6-12-10-8(14(15)16)4-5-9(11)13-10/h4-5H,2-3,6-7H2,1H3,(H3,11,12,13). The van der Waals surface area contributed by atoms with E-state index in [0.717, 1.165) is 18.6 Å². The van der Waals surface area contributed by atoms with Crippen molar-refractivity contribution < 1.29 is 4.92 Å². The number of nitrogens with one attached hydrogen (secondary N) is 1. The van der Waals surface area contributed by atoms with E-state index in [-0.39, 0.29) is 17.3 Å². The van der Waals surface area contributed by atoms with Crippen LogP contribution in [0.2, 0.25) is 0 Å². The Morgan fingerprint density at radius 1 is 1.53 bits per heavy atom. The highest BCUT2D eigenvalue weighted by Gasteiger charge is 2.14. The third-order valence-corrected chi connectivity index (χ3v) is 2.86. The van der Waals surface area contributed by atoms with E-state index >= 15 is 0 Å². The molecule has 0 amide bonds. The predicted octanol–water partition coefficient (Wildman–Crippen LogP) is 2.13. The largest absolute Gasteiger partial charge is 0.384 e. The number of anilines is 2. The minimum atomic E-state index is -0.462. The topological polar surface area (TPSA) is 94.1 Å². The van der Waals surface area contributed by atoms with E-state index in [2.05, 4.69) is 16.6 Å². The average molecular weight is 256 g/mol. The van der Waals surface area contributed by atoms with Crippen LogP contribution in [0.1, 0.15) is 12.8 Å². The van der Waals surface area contributed by atoms with Gasteiger partial charge in [-0.05, 0) is 30.9 Å². The van der Waals surface area contributed by atoms with Gasteiger partial charge in [-0.1, -0.05) is 0 Å². The Morgan fingerprint density at radius 3 is 2.94 bits per heavy atom. The molecule has 0 spiro atoms. The minimum absolute atomic E-state index is 0.0379. The number of nitrogens with zero attached hydrogens (tertiary/aromatic N) is 2. The zero-order chi connectivity index (χ0) is 12.7. The highest BCUT2D eigenvalue weighted by molar-refractivity contribution is 7.98. The van der Waals surface area contributed by atoms with Crippen molar-refractivity contribution in [1.29, 1.82) is 0 Å². The molecule has 0 saturated carbocycles. The van der Waals surface area contributed by atoms with Gasteiger partial charge in [0.15, 0.2) is 0 Å². The molecule has 17 heavy (non-hydrogen) atoms. The van der Waals surface area contributed by atoms with Crippen LogP contribution in [0.25, 0.3) is 0 Å². The van der Waals surface area contributed by atoms with Gasteiger partial charge < -0.3 is 11.1 Å². The number of pyridine rings is 1. The summed E-state index contributed by atoms with van der Waals surface area (Å²) in [6.07, 6.45) is 4.08. The first-order valence-corrected chi connectivity index (χ1v) is 6.68. The van der Waals surface area contributed by atoms with Crippen molar-refractivity contribution in [1.82, 2.24) is 4.98 Å². The maximum Gasteiger partial charge on any atom is 0.311 e. The van der Waals surface area contributed by atoms with E-state index < -0.39 is 4.92 Å². The van der Waals surface area contributed by atoms with Crippen molar-refractivity contribution in [3.63, 3.8) is 0 Å². The van der Waals surface area contributed by atoms with E-state index in [1.54, 1.807) is 11.8 Å². The van der Waals surface area contributed by atoms with Gasteiger partial charge in [-0.15, -0.1) is 0 Å². The summed E-state index contributed by atoms with van der Waals surface area (Å²) in [4.78, 5) is 14.2. The number of nitrogen functional groups attached to an aromatic ring is 1. The number of thioether (sulfide) groups is 1. The van der Waals surface area contributed by atoms with Crippen LogP contribution < -0.4 is 11.1 Å². The molecule has 1 rings (SSSR count). The van der Waals surface area contributed by atoms with Crippen molar-refractivity contribution in [2.75, 3.05) is 29.6 Å². The lowest BCUT2D eigenvalue weighted by molar-refractivity contribution is -0.384. The first-order valence-electron chi connectivity index (χ1n) is 5.29. The number of rotatable bonds is 7. The molecule has 6 nitrogen and oxygen atoms in total. The number of unbranched alkanes of at least 4 members (excludes halogenated alkanes) is 1. The molecule has 0 aliphatic rings. The Hall–Kier alpha value is -1.50. The number of hydrogen-bond donors (Lipinski definition) is 2. The Morgan fingerprint density at radius 2 is 2.29 bits per heavy atom. The molecule has 1 aromatic heterocycles. The van der Waals surface area contributed by atoms with Crippen LogP contribution in [-0.2, 0) is 0 Å². The van der Waals surface area contributed by atoms with Gasteiger partial charge in [0.25, 0.3) is 0 Å². The molecule has 0 unspecified atom stereocenters. The summed E-state index contributed by atoms with van der Waals surface area (Å²) < 4.78 is 0. The zero-order valence-corrected chi connectivity index (χ0v) is 10.5.